The molecule has 3 rings (SSSR count). The second-order valence-electron chi connectivity index (χ2n) is 4.46. The van der Waals surface area contributed by atoms with Gasteiger partial charge in [0.2, 0.25) is 0 Å². The molecular formula is C16H10F3NS2. The molecule has 0 fully saturated rings. The van der Waals surface area contributed by atoms with Gasteiger partial charge in [-0.2, -0.15) is 13.2 Å². The van der Waals surface area contributed by atoms with Crippen LogP contribution in [0.2, 0.25) is 0 Å². The molecule has 0 aliphatic carbocycles. The molecule has 0 radical (unpaired) electrons. The van der Waals surface area contributed by atoms with E-state index in [1.807, 2.05) is 17.5 Å². The molecule has 0 atom stereocenters. The van der Waals surface area contributed by atoms with E-state index >= 15 is 0 Å². The van der Waals surface area contributed by atoms with Crippen LogP contribution in [-0.4, -0.2) is 4.98 Å². The van der Waals surface area contributed by atoms with Gasteiger partial charge >= 0.3 is 6.18 Å². The number of thiophene rings is 1. The summed E-state index contributed by atoms with van der Waals surface area (Å²) in [6.07, 6.45) is 0.462. The zero-order valence-corrected chi connectivity index (χ0v) is 12.8. The lowest BCUT2D eigenvalue weighted by molar-refractivity contribution is -0.137. The highest BCUT2D eigenvalue weighted by molar-refractivity contribution is 7.21. The molecule has 2 heterocycles. The Bertz CT molecular complexity index is 786. The van der Waals surface area contributed by atoms with Gasteiger partial charge < -0.3 is 0 Å². The van der Waals surface area contributed by atoms with Crippen LogP contribution in [0.15, 0.2) is 48.0 Å². The fourth-order valence-electron chi connectivity index (χ4n) is 1.96. The summed E-state index contributed by atoms with van der Waals surface area (Å²) in [4.78, 5) is 6.35. The lowest BCUT2D eigenvalue weighted by atomic mass is 10.1. The van der Waals surface area contributed by atoms with Crippen molar-refractivity contribution in [3.63, 3.8) is 0 Å². The molecule has 112 valence electrons. The van der Waals surface area contributed by atoms with E-state index in [9.17, 15) is 13.2 Å². The topological polar surface area (TPSA) is 12.9 Å². The van der Waals surface area contributed by atoms with Gasteiger partial charge in [0.1, 0.15) is 5.01 Å². The first-order valence-corrected chi connectivity index (χ1v) is 8.08. The van der Waals surface area contributed by atoms with Crippen LogP contribution in [-0.2, 0) is 6.18 Å². The lowest BCUT2D eigenvalue weighted by Crippen LogP contribution is -2.06. The van der Waals surface area contributed by atoms with Crippen molar-refractivity contribution < 1.29 is 13.2 Å². The van der Waals surface area contributed by atoms with Gasteiger partial charge in [0.15, 0.2) is 0 Å². The predicted octanol–water partition coefficient (Wildman–Crippen LogP) is 6.06. The van der Waals surface area contributed by atoms with E-state index in [2.05, 4.69) is 4.98 Å². The van der Waals surface area contributed by atoms with E-state index in [1.165, 1.54) is 29.5 Å². The van der Waals surface area contributed by atoms with E-state index in [-0.39, 0.29) is 5.56 Å². The summed E-state index contributed by atoms with van der Waals surface area (Å²) in [7, 11) is 0. The van der Waals surface area contributed by atoms with Gasteiger partial charge in [-0.05, 0) is 29.2 Å². The molecule has 1 nitrogen and oxygen atoms in total. The second-order valence-corrected chi connectivity index (χ2v) is 6.47. The molecule has 0 saturated heterocycles. The molecule has 0 aliphatic heterocycles. The quantitative estimate of drug-likeness (QED) is 0.566. The first-order chi connectivity index (χ1) is 10.5. The van der Waals surface area contributed by atoms with Crippen molar-refractivity contribution in [2.45, 2.75) is 6.18 Å². The van der Waals surface area contributed by atoms with E-state index in [0.29, 0.717) is 5.01 Å². The molecule has 0 amide bonds. The third-order valence-electron chi connectivity index (χ3n) is 2.96. The number of aromatic nitrogens is 1. The molecule has 0 spiro atoms. The minimum absolute atomic E-state index is 0.142. The Morgan fingerprint density at radius 2 is 1.77 bits per heavy atom. The molecule has 0 saturated carbocycles. The first kappa shape index (κ1) is 15.0. The molecule has 2 aromatic heterocycles. The molecule has 0 unspecified atom stereocenters. The van der Waals surface area contributed by atoms with Crippen LogP contribution in [0, 0.1) is 0 Å². The van der Waals surface area contributed by atoms with E-state index in [4.69, 9.17) is 0 Å². The Balaban J connectivity index is 1.87. The van der Waals surface area contributed by atoms with Crippen molar-refractivity contribution in [3.8, 4) is 9.75 Å². The molecular weight excluding hydrogens is 327 g/mol. The number of halogens is 3. The number of nitrogens with zero attached hydrogens (tertiary/aromatic N) is 1. The van der Waals surface area contributed by atoms with Gasteiger partial charge in [-0.3, -0.25) is 0 Å². The van der Waals surface area contributed by atoms with Gasteiger partial charge in [0.05, 0.1) is 10.4 Å². The minimum Gasteiger partial charge on any atom is -0.244 e. The van der Waals surface area contributed by atoms with Crippen molar-refractivity contribution >= 4 is 34.8 Å². The van der Waals surface area contributed by atoms with E-state index < -0.39 is 11.7 Å². The summed E-state index contributed by atoms with van der Waals surface area (Å²) >= 11 is 3.06. The van der Waals surface area contributed by atoms with Crippen molar-refractivity contribution in [1.82, 2.24) is 4.98 Å². The number of benzene rings is 1. The molecule has 3 aromatic rings. The zero-order chi connectivity index (χ0) is 15.6. The summed E-state index contributed by atoms with van der Waals surface area (Å²) in [6, 6.07) is 9.46. The largest absolute Gasteiger partial charge is 0.416 e. The van der Waals surface area contributed by atoms with Gasteiger partial charge in [0, 0.05) is 11.1 Å². The summed E-state index contributed by atoms with van der Waals surface area (Å²) in [5.41, 5.74) is -0.496. The van der Waals surface area contributed by atoms with Gasteiger partial charge in [-0.1, -0.05) is 30.3 Å². The monoisotopic (exact) mass is 337 g/mol. The third-order valence-corrected chi connectivity index (χ3v) is 4.99. The van der Waals surface area contributed by atoms with E-state index in [0.717, 1.165) is 15.8 Å². The number of rotatable bonds is 3. The number of thiazole rings is 1. The molecule has 0 aliphatic rings. The van der Waals surface area contributed by atoms with E-state index in [1.54, 1.807) is 29.7 Å². The maximum atomic E-state index is 12.9. The van der Waals surface area contributed by atoms with Crippen molar-refractivity contribution in [3.05, 3.63) is 64.1 Å². The van der Waals surface area contributed by atoms with Crippen LogP contribution in [0.3, 0.4) is 0 Å². The average molecular weight is 337 g/mol. The number of hydrogen-bond donors (Lipinski definition) is 0. The fourth-order valence-corrected chi connectivity index (χ4v) is 3.60. The Labute approximate surface area is 133 Å². The van der Waals surface area contributed by atoms with Crippen LogP contribution in [0.5, 0.6) is 0 Å². The fraction of sp³-hybridized carbons (Fsp3) is 0.0625. The smallest absolute Gasteiger partial charge is 0.244 e. The van der Waals surface area contributed by atoms with Crippen LogP contribution < -0.4 is 0 Å². The Morgan fingerprint density at radius 1 is 0.955 bits per heavy atom. The normalized spacial score (nSPS) is 12.1. The van der Waals surface area contributed by atoms with Crippen molar-refractivity contribution in [1.29, 1.82) is 0 Å². The standard InChI is InChI=1S/C16H10F3NS2/c17-16(18,19)12-5-2-1-4-11(12)7-8-15-20-10-14(22-15)13-6-3-9-21-13/h1-10H/b8-7+. The lowest BCUT2D eigenvalue weighted by Gasteiger charge is -2.09. The first-order valence-electron chi connectivity index (χ1n) is 6.38. The second kappa shape index (κ2) is 6.06. The van der Waals surface area contributed by atoms with Crippen molar-refractivity contribution in [2.75, 3.05) is 0 Å². The van der Waals surface area contributed by atoms with Crippen molar-refractivity contribution in [2.24, 2.45) is 0 Å². The summed E-state index contributed by atoms with van der Waals surface area (Å²) < 4.78 is 38.8. The summed E-state index contributed by atoms with van der Waals surface area (Å²) in [5, 5.41) is 2.66. The van der Waals surface area contributed by atoms with Gasteiger partial charge in [0.25, 0.3) is 0 Å². The molecule has 0 N–H and O–H groups in total. The third kappa shape index (κ3) is 3.28. The van der Waals surface area contributed by atoms with Crippen LogP contribution in [0.4, 0.5) is 13.2 Å². The SMILES string of the molecule is FC(F)(F)c1ccccc1/C=C/c1ncc(-c2cccs2)s1. The minimum atomic E-state index is -4.36. The Kier molecular flexibility index (Phi) is 4.13. The van der Waals surface area contributed by atoms with Crippen LogP contribution in [0.1, 0.15) is 16.1 Å². The number of alkyl halides is 3. The molecule has 22 heavy (non-hydrogen) atoms. The van der Waals surface area contributed by atoms with Gasteiger partial charge in [-0.25, -0.2) is 4.98 Å². The number of hydrogen-bond acceptors (Lipinski definition) is 3. The summed E-state index contributed by atoms with van der Waals surface area (Å²) in [6.45, 7) is 0. The molecule has 1 aromatic carbocycles. The van der Waals surface area contributed by atoms with Crippen LogP contribution >= 0.6 is 22.7 Å². The maximum absolute atomic E-state index is 12.9. The zero-order valence-electron chi connectivity index (χ0n) is 11.2. The molecule has 0 bridgehead atoms. The highest BCUT2D eigenvalue weighted by atomic mass is 32.1. The van der Waals surface area contributed by atoms with Gasteiger partial charge in [-0.15, -0.1) is 22.7 Å². The molecule has 6 heteroatoms. The summed E-state index contributed by atoms with van der Waals surface area (Å²) in [5.74, 6) is 0. The average Bonchev–Trinajstić information content (AvgIpc) is 3.15. The maximum Gasteiger partial charge on any atom is 0.416 e. The highest BCUT2D eigenvalue weighted by Crippen LogP contribution is 2.33. The predicted molar refractivity (Wildman–Crippen MR) is 85.8 cm³/mol. The van der Waals surface area contributed by atoms with Crippen LogP contribution in [0.25, 0.3) is 21.9 Å². The Morgan fingerprint density at radius 3 is 2.50 bits per heavy atom. The Hall–Kier alpha value is -1.92. The highest BCUT2D eigenvalue weighted by Gasteiger charge is 2.32.